The van der Waals surface area contributed by atoms with Crippen molar-refractivity contribution in [3.05, 3.63) is 56.3 Å². The number of rotatable bonds is 6. The maximum atomic E-state index is 13.4. The van der Waals surface area contributed by atoms with Crippen LogP contribution >= 0.6 is 11.3 Å². The lowest BCUT2D eigenvalue weighted by Crippen LogP contribution is -2.41. The van der Waals surface area contributed by atoms with Gasteiger partial charge in [-0.1, -0.05) is 32.0 Å². The average Bonchev–Trinajstić information content (AvgIpc) is 3.38. The quantitative estimate of drug-likeness (QED) is 0.567. The fraction of sp³-hybridized carbons (Fsp3) is 0.520. The number of likely N-dealkylation sites (tertiary alicyclic amines) is 1. The normalized spacial score (nSPS) is 16.7. The second-order valence-corrected chi connectivity index (χ2v) is 9.44. The van der Waals surface area contributed by atoms with Crippen molar-refractivity contribution in [2.45, 2.75) is 71.8 Å². The highest BCUT2D eigenvalue weighted by Crippen LogP contribution is 2.44. The fourth-order valence-electron chi connectivity index (χ4n) is 4.64. The lowest BCUT2D eigenvalue weighted by atomic mass is 9.74. The van der Waals surface area contributed by atoms with Gasteiger partial charge < -0.3 is 9.64 Å². The second-order valence-electron chi connectivity index (χ2n) is 8.39. The number of benzene rings is 1. The first-order valence-electron chi connectivity index (χ1n) is 10.9. The van der Waals surface area contributed by atoms with Crippen LogP contribution < -0.4 is 0 Å². The van der Waals surface area contributed by atoms with Crippen molar-refractivity contribution in [3.8, 4) is 0 Å². The van der Waals surface area contributed by atoms with Crippen LogP contribution in [0.15, 0.2) is 24.3 Å². The van der Waals surface area contributed by atoms with Crippen LogP contribution in [0.1, 0.15) is 76.3 Å². The van der Waals surface area contributed by atoms with Crippen LogP contribution in [0.4, 0.5) is 0 Å². The third-order valence-corrected chi connectivity index (χ3v) is 8.27. The first kappa shape index (κ1) is 22.5. The van der Waals surface area contributed by atoms with Gasteiger partial charge >= 0.3 is 5.97 Å². The highest BCUT2D eigenvalue weighted by atomic mass is 32.1. The first-order chi connectivity index (χ1) is 14.3. The fourth-order valence-corrected chi connectivity index (χ4v) is 6.12. The summed E-state index contributed by atoms with van der Waals surface area (Å²) in [6, 6.07) is 8.45. The van der Waals surface area contributed by atoms with E-state index in [2.05, 4.69) is 52.0 Å². The van der Waals surface area contributed by atoms with E-state index in [0.717, 1.165) is 29.7 Å². The van der Waals surface area contributed by atoms with Gasteiger partial charge in [-0.3, -0.25) is 4.79 Å². The average molecular weight is 428 g/mol. The number of hydrogen-bond donors (Lipinski definition) is 0. The van der Waals surface area contributed by atoms with Crippen molar-refractivity contribution in [1.82, 2.24) is 4.90 Å². The largest absolute Gasteiger partial charge is 0.467 e. The van der Waals surface area contributed by atoms with Crippen molar-refractivity contribution < 1.29 is 14.3 Å². The molecule has 1 fully saturated rings. The lowest BCUT2D eigenvalue weighted by Gasteiger charge is -2.32. The summed E-state index contributed by atoms with van der Waals surface area (Å²) in [6.45, 7) is 11.4. The summed E-state index contributed by atoms with van der Waals surface area (Å²) < 4.78 is 4.92. The van der Waals surface area contributed by atoms with Crippen LogP contribution in [-0.2, 0) is 14.9 Å². The molecular formula is C25H33NO3S. The Kier molecular flexibility index (Phi) is 6.71. The molecular weight excluding hydrogens is 394 g/mol. The predicted molar refractivity (Wildman–Crippen MR) is 122 cm³/mol. The minimum atomic E-state index is -0.464. The molecule has 3 rings (SSSR count). The summed E-state index contributed by atoms with van der Waals surface area (Å²) in [5.41, 5.74) is 4.77. The number of carbonyl (C=O) groups excluding carboxylic acids is 2. The standard InChI is InChI=1S/C25H33NO3S/c1-7-25(8-2,19-12-11-16(3)17(4)14-19)21-15-18(5)22(30-21)23(27)26-13-9-10-20(26)24(28)29-6/h11-12,14-15,20H,7-10,13H2,1-6H3/t20-/m0/s1. The Labute approximate surface area is 184 Å². The SMILES string of the molecule is CCC(CC)(c1ccc(C)c(C)c1)c1cc(C)c(C(=O)N2CCC[C@H]2C(=O)OC)s1. The van der Waals surface area contributed by atoms with Gasteiger partial charge in [-0.2, -0.15) is 0 Å². The van der Waals surface area contributed by atoms with E-state index < -0.39 is 6.04 Å². The molecule has 1 aromatic carbocycles. The number of nitrogens with zero attached hydrogens (tertiary/aromatic N) is 1. The number of hydrogen-bond acceptors (Lipinski definition) is 4. The maximum Gasteiger partial charge on any atom is 0.328 e. The van der Waals surface area contributed by atoms with E-state index in [1.165, 1.54) is 28.7 Å². The summed E-state index contributed by atoms with van der Waals surface area (Å²) in [4.78, 5) is 29.2. The molecule has 4 nitrogen and oxygen atoms in total. The van der Waals surface area contributed by atoms with Crippen LogP contribution in [0.2, 0.25) is 0 Å². The third-order valence-electron chi connectivity index (χ3n) is 6.84. The Balaban J connectivity index is 2.01. The molecule has 0 radical (unpaired) electrons. The van der Waals surface area contributed by atoms with E-state index in [-0.39, 0.29) is 17.3 Å². The number of amides is 1. The van der Waals surface area contributed by atoms with E-state index >= 15 is 0 Å². The van der Waals surface area contributed by atoms with E-state index in [9.17, 15) is 9.59 Å². The first-order valence-corrected chi connectivity index (χ1v) is 11.7. The Morgan fingerprint density at radius 2 is 1.80 bits per heavy atom. The zero-order valence-electron chi connectivity index (χ0n) is 19.0. The number of carbonyl (C=O) groups is 2. The summed E-state index contributed by atoms with van der Waals surface area (Å²) in [5.74, 6) is -0.361. The molecule has 1 aliphatic rings. The van der Waals surface area contributed by atoms with E-state index in [1.807, 2.05) is 6.92 Å². The molecule has 0 N–H and O–H groups in total. The molecule has 30 heavy (non-hydrogen) atoms. The highest BCUT2D eigenvalue weighted by molar-refractivity contribution is 7.14. The maximum absolute atomic E-state index is 13.4. The molecule has 1 atom stereocenters. The van der Waals surface area contributed by atoms with Gasteiger partial charge in [-0.05, 0) is 74.8 Å². The van der Waals surface area contributed by atoms with Gasteiger partial charge in [0.05, 0.1) is 12.0 Å². The summed E-state index contributed by atoms with van der Waals surface area (Å²) in [6.07, 6.45) is 3.44. The molecule has 2 heterocycles. The van der Waals surface area contributed by atoms with Crippen LogP contribution in [0, 0.1) is 20.8 Å². The molecule has 2 aromatic rings. The molecule has 1 aromatic heterocycles. The second kappa shape index (κ2) is 8.93. The van der Waals surface area contributed by atoms with Crippen molar-refractivity contribution in [3.63, 3.8) is 0 Å². The van der Waals surface area contributed by atoms with Crippen molar-refractivity contribution in [2.24, 2.45) is 0 Å². The smallest absolute Gasteiger partial charge is 0.328 e. The lowest BCUT2D eigenvalue weighted by molar-refractivity contribution is -0.145. The topological polar surface area (TPSA) is 46.6 Å². The number of thiophene rings is 1. The van der Waals surface area contributed by atoms with Crippen LogP contribution in [0.3, 0.4) is 0 Å². The molecule has 0 bridgehead atoms. The highest BCUT2D eigenvalue weighted by Gasteiger charge is 2.38. The zero-order chi connectivity index (χ0) is 22.1. The molecule has 1 aliphatic heterocycles. The van der Waals surface area contributed by atoms with Gasteiger partial charge in [-0.15, -0.1) is 11.3 Å². The van der Waals surface area contributed by atoms with Gasteiger partial charge in [0.15, 0.2) is 0 Å². The Bertz CT molecular complexity index is 942. The van der Waals surface area contributed by atoms with Crippen LogP contribution in [0.25, 0.3) is 0 Å². The van der Waals surface area contributed by atoms with Crippen molar-refractivity contribution >= 4 is 23.2 Å². The monoisotopic (exact) mass is 427 g/mol. The molecule has 0 spiro atoms. The van der Waals surface area contributed by atoms with Crippen molar-refractivity contribution in [1.29, 1.82) is 0 Å². The summed E-state index contributed by atoms with van der Waals surface area (Å²) in [5, 5.41) is 0. The molecule has 5 heteroatoms. The van der Waals surface area contributed by atoms with Crippen molar-refractivity contribution in [2.75, 3.05) is 13.7 Å². The predicted octanol–water partition coefficient (Wildman–Crippen LogP) is 5.56. The van der Waals surface area contributed by atoms with Gasteiger partial charge in [0.1, 0.15) is 6.04 Å². The zero-order valence-corrected chi connectivity index (χ0v) is 19.8. The molecule has 162 valence electrons. The number of ether oxygens (including phenoxy) is 1. The third kappa shape index (κ3) is 3.80. The van der Waals surface area contributed by atoms with Gasteiger partial charge in [0.25, 0.3) is 5.91 Å². The molecule has 0 aliphatic carbocycles. The molecule has 1 saturated heterocycles. The number of aryl methyl sites for hydroxylation is 3. The molecule has 0 unspecified atom stereocenters. The number of esters is 1. The minimum absolute atomic E-state index is 0.0437. The van der Waals surface area contributed by atoms with E-state index in [0.29, 0.717) is 13.0 Å². The van der Waals surface area contributed by atoms with Crippen LogP contribution in [-0.4, -0.2) is 36.5 Å². The number of methoxy groups -OCH3 is 1. The molecule has 1 amide bonds. The molecule has 0 saturated carbocycles. The Hall–Kier alpha value is -2.14. The summed E-state index contributed by atoms with van der Waals surface area (Å²) >= 11 is 1.59. The van der Waals surface area contributed by atoms with E-state index in [1.54, 1.807) is 16.2 Å². The van der Waals surface area contributed by atoms with E-state index in [4.69, 9.17) is 4.74 Å². The summed E-state index contributed by atoms with van der Waals surface area (Å²) in [7, 11) is 1.39. The van der Waals surface area contributed by atoms with Gasteiger partial charge in [-0.25, -0.2) is 4.79 Å². The van der Waals surface area contributed by atoms with Crippen LogP contribution in [0.5, 0.6) is 0 Å². The van der Waals surface area contributed by atoms with Gasteiger partial charge in [0, 0.05) is 16.8 Å². The minimum Gasteiger partial charge on any atom is -0.467 e. The Morgan fingerprint density at radius 3 is 2.40 bits per heavy atom. The Morgan fingerprint density at radius 1 is 1.10 bits per heavy atom. The van der Waals surface area contributed by atoms with Gasteiger partial charge in [0.2, 0.25) is 0 Å².